The van der Waals surface area contributed by atoms with Gasteiger partial charge >= 0.3 is 0 Å². The molecule has 6 heteroatoms. The number of sulfonamides is 1. The highest BCUT2D eigenvalue weighted by Crippen LogP contribution is 2.26. The Morgan fingerprint density at radius 2 is 1.72 bits per heavy atom. The molecule has 0 radical (unpaired) electrons. The largest absolute Gasteiger partial charge is 0.348 e. The van der Waals surface area contributed by atoms with Crippen LogP contribution >= 0.6 is 0 Å². The number of amides is 1. The predicted octanol–water partition coefficient (Wildman–Crippen LogP) is 3.99. The molecule has 2 aromatic carbocycles. The van der Waals surface area contributed by atoms with Crippen molar-refractivity contribution >= 4 is 21.6 Å². The summed E-state index contributed by atoms with van der Waals surface area (Å²) in [7, 11) is -3.61. The number of anilines is 1. The van der Waals surface area contributed by atoms with E-state index in [2.05, 4.69) is 23.5 Å². The van der Waals surface area contributed by atoms with E-state index < -0.39 is 16.1 Å². The standard InChI is InChI=1S/C23H30N2O3S/c1-4-22(25(29(3,27)28)21-12-6-5-7-13-21)23(26)24-17(2)19-15-14-18-10-8-9-11-20(18)16-19/h5-7,12-17,22H,4,8-11H2,1-3H3,(H,24,26)/t17-,22-/m0/s1. The van der Waals surface area contributed by atoms with Gasteiger partial charge in [-0.05, 0) is 67.9 Å². The number of aryl methyl sites for hydroxylation is 2. The second-order valence-corrected chi connectivity index (χ2v) is 9.64. The zero-order valence-corrected chi connectivity index (χ0v) is 18.2. The summed E-state index contributed by atoms with van der Waals surface area (Å²) < 4.78 is 26.2. The van der Waals surface area contributed by atoms with E-state index in [9.17, 15) is 13.2 Å². The maximum Gasteiger partial charge on any atom is 0.244 e. The highest BCUT2D eigenvalue weighted by molar-refractivity contribution is 7.92. The zero-order valence-electron chi connectivity index (χ0n) is 17.4. The maximum absolute atomic E-state index is 13.1. The van der Waals surface area contributed by atoms with E-state index in [0.29, 0.717) is 12.1 Å². The molecule has 156 valence electrons. The first kappa shape index (κ1) is 21.4. The molecule has 1 amide bonds. The van der Waals surface area contributed by atoms with Crippen LogP contribution in [-0.2, 0) is 27.7 Å². The number of hydrogen-bond acceptors (Lipinski definition) is 3. The highest BCUT2D eigenvalue weighted by Gasteiger charge is 2.32. The summed E-state index contributed by atoms with van der Waals surface area (Å²) in [4.78, 5) is 13.1. The summed E-state index contributed by atoms with van der Waals surface area (Å²) >= 11 is 0. The summed E-state index contributed by atoms with van der Waals surface area (Å²) in [5.74, 6) is -0.285. The van der Waals surface area contributed by atoms with Crippen molar-refractivity contribution in [3.8, 4) is 0 Å². The molecule has 29 heavy (non-hydrogen) atoms. The van der Waals surface area contributed by atoms with E-state index in [0.717, 1.165) is 24.7 Å². The van der Waals surface area contributed by atoms with Crippen LogP contribution in [0.4, 0.5) is 5.69 Å². The van der Waals surface area contributed by atoms with Gasteiger partial charge in [0.25, 0.3) is 0 Å². The molecule has 0 aliphatic heterocycles. The molecule has 1 aliphatic carbocycles. The number of carbonyl (C=O) groups is 1. The Morgan fingerprint density at radius 3 is 2.34 bits per heavy atom. The monoisotopic (exact) mass is 414 g/mol. The van der Waals surface area contributed by atoms with Crippen molar-refractivity contribution in [3.05, 3.63) is 65.2 Å². The fourth-order valence-electron chi connectivity index (χ4n) is 4.05. The molecular formula is C23H30N2O3S. The summed E-state index contributed by atoms with van der Waals surface area (Å²) in [6, 6.07) is 14.2. The van der Waals surface area contributed by atoms with Crippen LogP contribution in [0.3, 0.4) is 0 Å². The Bertz CT molecular complexity index is 957. The minimum atomic E-state index is -3.61. The number of benzene rings is 2. The van der Waals surface area contributed by atoms with Gasteiger partial charge in [0.1, 0.15) is 6.04 Å². The third-order valence-electron chi connectivity index (χ3n) is 5.57. The molecule has 0 unspecified atom stereocenters. The number of para-hydroxylation sites is 1. The average Bonchev–Trinajstić information content (AvgIpc) is 2.71. The highest BCUT2D eigenvalue weighted by atomic mass is 32.2. The van der Waals surface area contributed by atoms with Crippen LogP contribution in [0, 0.1) is 0 Å². The van der Waals surface area contributed by atoms with Crippen molar-refractivity contribution in [2.24, 2.45) is 0 Å². The predicted molar refractivity (Wildman–Crippen MR) is 117 cm³/mol. The topological polar surface area (TPSA) is 66.5 Å². The normalized spacial score (nSPS) is 15.8. The van der Waals surface area contributed by atoms with Gasteiger partial charge in [0.15, 0.2) is 0 Å². The summed E-state index contributed by atoms with van der Waals surface area (Å²) in [6.45, 7) is 3.78. The Hall–Kier alpha value is -2.34. The molecule has 0 saturated heterocycles. The van der Waals surface area contributed by atoms with Gasteiger partial charge in [0, 0.05) is 0 Å². The molecular weight excluding hydrogens is 384 g/mol. The molecule has 1 N–H and O–H groups in total. The molecule has 0 bridgehead atoms. The zero-order chi connectivity index (χ0) is 21.0. The number of rotatable bonds is 7. The number of nitrogens with zero attached hydrogens (tertiary/aromatic N) is 1. The lowest BCUT2D eigenvalue weighted by Gasteiger charge is -2.31. The Balaban J connectivity index is 1.81. The number of nitrogens with one attached hydrogen (secondary N) is 1. The second kappa shape index (κ2) is 8.99. The number of carbonyl (C=O) groups excluding carboxylic acids is 1. The Kier molecular flexibility index (Phi) is 6.63. The van der Waals surface area contributed by atoms with Gasteiger partial charge in [0.2, 0.25) is 15.9 Å². The number of hydrogen-bond donors (Lipinski definition) is 1. The van der Waals surface area contributed by atoms with Crippen molar-refractivity contribution in [1.29, 1.82) is 0 Å². The van der Waals surface area contributed by atoms with Gasteiger partial charge < -0.3 is 5.32 Å². The first-order chi connectivity index (χ1) is 13.8. The van der Waals surface area contributed by atoms with E-state index in [-0.39, 0.29) is 11.9 Å². The van der Waals surface area contributed by atoms with Crippen LogP contribution in [0.2, 0.25) is 0 Å². The first-order valence-corrected chi connectivity index (χ1v) is 12.1. The molecule has 3 rings (SSSR count). The summed E-state index contributed by atoms with van der Waals surface area (Å²) in [6.07, 6.45) is 6.16. The maximum atomic E-state index is 13.1. The van der Waals surface area contributed by atoms with E-state index >= 15 is 0 Å². The van der Waals surface area contributed by atoms with Crippen LogP contribution in [0.25, 0.3) is 0 Å². The molecule has 1 aliphatic rings. The van der Waals surface area contributed by atoms with Crippen molar-refractivity contribution < 1.29 is 13.2 Å². The smallest absolute Gasteiger partial charge is 0.244 e. The molecule has 2 atom stereocenters. The minimum absolute atomic E-state index is 0.194. The van der Waals surface area contributed by atoms with Gasteiger partial charge in [-0.3, -0.25) is 9.10 Å². The number of fused-ring (bicyclic) bond motifs is 1. The lowest BCUT2D eigenvalue weighted by atomic mass is 9.89. The summed E-state index contributed by atoms with van der Waals surface area (Å²) in [5.41, 5.74) is 4.32. The van der Waals surface area contributed by atoms with Gasteiger partial charge in [-0.15, -0.1) is 0 Å². The Morgan fingerprint density at radius 1 is 1.07 bits per heavy atom. The lowest BCUT2D eigenvalue weighted by molar-refractivity contribution is -0.122. The van der Waals surface area contributed by atoms with Gasteiger partial charge in [0.05, 0.1) is 18.0 Å². The van der Waals surface area contributed by atoms with E-state index in [4.69, 9.17) is 0 Å². The third-order valence-corrected chi connectivity index (χ3v) is 6.75. The lowest BCUT2D eigenvalue weighted by Crippen LogP contribution is -2.49. The third kappa shape index (κ3) is 4.99. The fourth-order valence-corrected chi connectivity index (χ4v) is 5.26. The van der Waals surface area contributed by atoms with E-state index in [1.54, 1.807) is 24.3 Å². The molecule has 0 saturated carbocycles. The summed E-state index contributed by atoms with van der Waals surface area (Å²) in [5, 5.41) is 3.03. The molecule has 0 aromatic heterocycles. The quantitative estimate of drug-likeness (QED) is 0.745. The minimum Gasteiger partial charge on any atom is -0.348 e. The van der Waals surface area contributed by atoms with E-state index in [1.165, 1.54) is 28.3 Å². The van der Waals surface area contributed by atoms with Gasteiger partial charge in [-0.25, -0.2) is 8.42 Å². The first-order valence-electron chi connectivity index (χ1n) is 10.3. The van der Waals surface area contributed by atoms with Crippen molar-refractivity contribution in [2.45, 2.75) is 58.0 Å². The van der Waals surface area contributed by atoms with Gasteiger partial charge in [-0.2, -0.15) is 0 Å². The van der Waals surface area contributed by atoms with E-state index in [1.807, 2.05) is 19.9 Å². The van der Waals surface area contributed by atoms with Gasteiger partial charge in [-0.1, -0.05) is 43.3 Å². The molecule has 0 fully saturated rings. The van der Waals surface area contributed by atoms with Crippen LogP contribution in [-0.4, -0.2) is 26.6 Å². The van der Waals surface area contributed by atoms with Crippen molar-refractivity contribution in [2.75, 3.05) is 10.6 Å². The fraction of sp³-hybridized carbons (Fsp3) is 0.435. The SMILES string of the molecule is CC[C@@H](C(=O)N[C@@H](C)c1ccc2c(c1)CCCC2)N(c1ccccc1)S(C)(=O)=O. The molecule has 5 nitrogen and oxygen atoms in total. The average molecular weight is 415 g/mol. The second-order valence-electron chi connectivity index (χ2n) is 7.78. The van der Waals surface area contributed by atoms with Crippen LogP contribution in [0.1, 0.15) is 55.8 Å². The van der Waals surface area contributed by atoms with Crippen molar-refractivity contribution in [1.82, 2.24) is 5.32 Å². The Labute approximate surface area is 174 Å². The van der Waals surface area contributed by atoms with Crippen LogP contribution in [0.5, 0.6) is 0 Å². The van der Waals surface area contributed by atoms with Crippen LogP contribution in [0.15, 0.2) is 48.5 Å². The molecule has 2 aromatic rings. The van der Waals surface area contributed by atoms with Crippen molar-refractivity contribution in [3.63, 3.8) is 0 Å². The van der Waals surface area contributed by atoms with Crippen LogP contribution < -0.4 is 9.62 Å². The molecule has 0 heterocycles. The molecule has 0 spiro atoms.